The van der Waals surface area contributed by atoms with Crippen LogP contribution < -0.4 is 4.74 Å². The van der Waals surface area contributed by atoms with Gasteiger partial charge in [0, 0.05) is 23.5 Å². The topological polar surface area (TPSA) is 81.3 Å². The monoisotopic (exact) mass is 416 g/mol. The zero-order valence-electron chi connectivity index (χ0n) is 17.6. The van der Waals surface area contributed by atoms with E-state index in [2.05, 4.69) is 16.7 Å². The fraction of sp³-hybridized carbons (Fsp3) is 0.240. The highest BCUT2D eigenvalue weighted by atomic mass is 16.6. The Labute approximate surface area is 181 Å². The third kappa shape index (κ3) is 5.83. The van der Waals surface area contributed by atoms with E-state index in [4.69, 9.17) is 14.7 Å². The Balaban J connectivity index is 1.51. The maximum atomic E-state index is 12.6. The number of hydrogen-bond donors (Lipinski definition) is 0. The molecule has 3 rings (SSSR count). The highest BCUT2D eigenvalue weighted by Crippen LogP contribution is 2.17. The number of Topliss-reactive ketones (excluding diaryl/α,β-unsaturated/α-hetero) is 1. The zero-order valence-corrected chi connectivity index (χ0v) is 17.6. The summed E-state index contributed by atoms with van der Waals surface area (Å²) in [7, 11) is 0. The summed E-state index contributed by atoms with van der Waals surface area (Å²) in [5.74, 6) is -0.425. The summed E-state index contributed by atoms with van der Waals surface area (Å²) in [5.41, 5.74) is 4.16. The van der Waals surface area contributed by atoms with E-state index in [1.807, 2.05) is 44.2 Å². The van der Waals surface area contributed by atoms with Crippen LogP contribution in [0.25, 0.3) is 0 Å². The molecule has 0 N–H and O–H groups in total. The van der Waals surface area contributed by atoms with E-state index in [1.54, 1.807) is 24.3 Å². The average molecular weight is 416 g/mol. The first kappa shape index (κ1) is 21.8. The van der Waals surface area contributed by atoms with Crippen LogP contribution >= 0.6 is 0 Å². The molecule has 0 saturated carbocycles. The van der Waals surface area contributed by atoms with Crippen LogP contribution in [-0.2, 0) is 22.5 Å². The molecule has 6 nitrogen and oxygen atoms in total. The number of hydrogen-bond acceptors (Lipinski definition) is 5. The van der Waals surface area contributed by atoms with E-state index in [0.717, 1.165) is 24.4 Å². The van der Waals surface area contributed by atoms with Crippen molar-refractivity contribution >= 4 is 11.8 Å². The predicted molar refractivity (Wildman–Crippen MR) is 116 cm³/mol. The molecule has 31 heavy (non-hydrogen) atoms. The number of nitriles is 1. The summed E-state index contributed by atoms with van der Waals surface area (Å²) >= 11 is 0. The highest BCUT2D eigenvalue weighted by Gasteiger charge is 2.17. The Kier molecular flexibility index (Phi) is 7.23. The van der Waals surface area contributed by atoms with E-state index >= 15 is 0 Å². The van der Waals surface area contributed by atoms with Crippen molar-refractivity contribution in [3.8, 4) is 11.8 Å². The lowest BCUT2D eigenvalue weighted by Gasteiger charge is -2.10. The van der Waals surface area contributed by atoms with Crippen molar-refractivity contribution in [1.82, 2.24) is 4.57 Å². The molecule has 0 aliphatic heterocycles. The van der Waals surface area contributed by atoms with Crippen molar-refractivity contribution < 1.29 is 19.1 Å². The van der Waals surface area contributed by atoms with Gasteiger partial charge < -0.3 is 14.0 Å². The van der Waals surface area contributed by atoms with Crippen LogP contribution in [0.4, 0.5) is 0 Å². The minimum atomic E-state index is -0.629. The number of benzene rings is 2. The van der Waals surface area contributed by atoms with Crippen molar-refractivity contribution in [1.29, 1.82) is 5.26 Å². The van der Waals surface area contributed by atoms with Gasteiger partial charge in [-0.05, 0) is 56.2 Å². The molecule has 0 unspecified atom stereocenters. The third-order valence-corrected chi connectivity index (χ3v) is 5.05. The minimum absolute atomic E-state index is 0.245. The summed E-state index contributed by atoms with van der Waals surface area (Å²) in [4.78, 5) is 24.5. The SMILES string of the molecule is Cc1cc(C(=O)COC(=O)COc2ccc(C#N)cc2)c(C)n1CCc1ccccc1. The highest BCUT2D eigenvalue weighted by molar-refractivity contribution is 5.99. The van der Waals surface area contributed by atoms with Gasteiger partial charge >= 0.3 is 5.97 Å². The largest absolute Gasteiger partial charge is 0.482 e. The molecule has 3 aromatic rings. The Morgan fingerprint density at radius 2 is 1.71 bits per heavy atom. The lowest BCUT2D eigenvalue weighted by molar-refractivity contribution is -0.144. The lowest BCUT2D eigenvalue weighted by atomic mass is 10.1. The summed E-state index contributed by atoms with van der Waals surface area (Å²) in [5, 5.41) is 8.78. The second-order valence-corrected chi connectivity index (χ2v) is 7.18. The van der Waals surface area contributed by atoms with E-state index in [-0.39, 0.29) is 19.0 Å². The maximum absolute atomic E-state index is 12.6. The molecule has 2 aromatic carbocycles. The van der Waals surface area contributed by atoms with Gasteiger partial charge in [0.2, 0.25) is 5.78 Å². The number of ether oxygens (including phenoxy) is 2. The molecule has 0 atom stereocenters. The van der Waals surface area contributed by atoms with Crippen molar-refractivity contribution in [2.24, 2.45) is 0 Å². The number of ketones is 1. The number of esters is 1. The van der Waals surface area contributed by atoms with Gasteiger partial charge in [-0.1, -0.05) is 30.3 Å². The molecular weight excluding hydrogens is 392 g/mol. The lowest BCUT2D eigenvalue weighted by Crippen LogP contribution is -2.20. The van der Waals surface area contributed by atoms with Gasteiger partial charge in [0.05, 0.1) is 11.6 Å². The molecule has 0 bridgehead atoms. The standard InChI is InChI=1S/C25H24N2O4/c1-18-14-23(19(2)27(18)13-12-20-6-4-3-5-7-20)24(28)16-31-25(29)17-30-22-10-8-21(15-26)9-11-22/h3-11,14H,12-13,16-17H2,1-2H3. The average Bonchev–Trinajstić information content (AvgIpc) is 3.09. The summed E-state index contributed by atoms with van der Waals surface area (Å²) in [6.45, 7) is 3.99. The van der Waals surface area contributed by atoms with Crippen molar-refractivity contribution in [3.63, 3.8) is 0 Å². The van der Waals surface area contributed by atoms with Crippen molar-refractivity contribution in [2.45, 2.75) is 26.8 Å². The van der Waals surface area contributed by atoms with Crippen LogP contribution in [0.1, 0.15) is 32.9 Å². The quantitative estimate of drug-likeness (QED) is 0.389. The fourth-order valence-electron chi connectivity index (χ4n) is 3.35. The molecule has 6 heteroatoms. The first-order valence-corrected chi connectivity index (χ1v) is 10.0. The number of aromatic nitrogens is 1. The zero-order chi connectivity index (χ0) is 22.2. The Morgan fingerprint density at radius 1 is 1.00 bits per heavy atom. The van der Waals surface area contributed by atoms with E-state index in [0.29, 0.717) is 16.9 Å². The molecule has 0 spiro atoms. The van der Waals surface area contributed by atoms with Gasteiger partial charge in [-0.15, -0.1) is 0 Å². The molecule has 0 fully saturated rings. The molecular formula is C25H24N2O4. The predicted octanol–water partition coefficient (Wildman–Crippen LogP) is 4.02. The number of aryl methyl sites for hydroxylation is 2. The fourth-order valence-corrected chi connectivity index (χ4v) is 3.35. The first-order chi connectivity index (χ1) is 15.0. The van der Waals surface area contributed by atoms with Gasteiger partial charge in [0.25, 0.3) is 0 Å². The molecule has 158 valence electrons. The van der Waals surface area contributed by atoms with Gasteiger partial charge in [-0.25, -0.2) is 4.79 Å². The van der Waals surface area contributed by atoms with Gasteiger partial charge in [0.15, 0.2) is 13.2 Å². The van der Waals surface area contributed by atoms with E-state index in [1.165, 1.54) is 5.56 Å². The van der Waals surface area contributed by atoms with Crippen LogP contribution in [0.3, 0.4) is 0 Å². The minimum Gasteiger partial charge on any atom is -0.482 e. The number of rotatable bonds is 9. The van der Waals surface area contributed by atoms with Crippen LogP contribution in [-0.4, -0.2) is 29.5 Å². The number of carbonyl (C=O) groups is 2. The Hall–Kier alpha value is -3.85. The molecule has 1 heterocycles. The molecule has 0 aliphatic carbocycles. The summed E-state index contributed by atoms with van der Waals surface area (Å²) in [6.07, 6.45) is 0.868. The van der Waals surface area contributed by atoms with Crippen molar-refractivity contribution in [2.75, 3.05) is 13.2 Å². The Morgan fingerprint density at radius 3 is 2.39 bits per heavy atom. The van der Waals surface area contributed by atoms with Crippen LogP contribution in [0, 0.1) is 25.2 Å². The normalized spacial score (nSPS) is 10.4. The van der Waals surface area contributed by atoms with Gasteiger partial charge in [-0.2, -0.15) is 5.26 Å². The molecule has 0 radical (unpaired) electrons. The van der Waals surface area contributed by atoms with Crippen LogP contribution in [0.5, 0.6) is 5.75 Å². The third-order valence-electron chi connectivity index (χ3n) is 5.05. The number of carbonyl (C=O) groups excluding carboxylic acids is 2. The van der Waals surface area contributed by atoms with E-state index in [9.17, 15) is 9.59 Å². The second kappa shape index (κ2) is 10.3. The van der Waals surface area contributed by atoms with Crippen molar-refractivity contribution in [3.05, 3.63) is 88.7 Å². The van der Waals surface area contributed by atoms with Gasteiger partial charge in [0.1, 0.15) is 5.75 Å². The van der Waals surface area contributed by atoms with Crippen LogP contribution in [0.2, 0.25) is 0 Å². The van der Waals surface area contributed by atoms with Gasteiger partial charge in [-0.3, -0.25) is 4.79 Å². The summed E-state index contributed by atoms with van der Waals surface area (Å²) < 4.78 is 12.5. The molecule has 1 aromatic heterocycles. The number of nitrogens with zero attached hydrogens (tertiary/aromatic N) is 2. The maximum Gasteiger partial charge on any atom is 0.344 e. The summed E-state index contributed by atoms with van der Waals surface area (Å²) in [6, 6.07) is 20.4. The Bertz CT molecular complexity index is 1090. The second-order valence-electron chi connectivity index (χ2n) is 7.18. The van der Waals surface area contributed by atoms with E-state index < -0.39 is 5.97 Å². The molecule has 0 aliphatic rings. The first-order valence-electron chi connectivity index (χ1n) is 10.0. The molecule has 0 saturated heterocycles. The smallest absolute Gasteiger partial charge is 0.344 e. The van der Waals surface area contributed by atoms with Crippen LogP contribution in [0.15, 0.2) is 60.7 Å². The molecule has 0 amide bonds.